The molecule has 0 aliphatic rings. The van der Waals surface area contributed by atoms with Crippen LogP contribution in [0, 0.1) is 0 Å². The Morgan fingerprint density at radius 3 is 2.42 bits per heavy atom. The lowest BCUT2D eigenvalue weighted by Gasteiger charge is -1.99. The Hall–Kier alpha value is -0.960. The van der Waals surface area contributed by atoms with Gasteiger partial charge >= 0.3 is 0 Å². The molecule has 0 aliphatic heterocycles. The first-order valence-electron chi connectivity index (χ1n) is 3.61. The Labute approximate surface area is 77.6 Å². The van der Waals surface area contributed by atoms with Gasteiger partial charge in [-0.15, -0.1) is 12.6 Å². The van der Waals surface area contributed by atoms with Gasteiger partial charge in [0.15, 0.2) is 0 Å². The van der Waals surface area contributed by atoms with Crippen molar-refractivity contribution in [3.63, 3.8) is 0 Å². The fourth-order valence-electron chi connectivity index (χ4n) is 0.892. The predicted octanol–water partition coefficient (Wildman–Crippen LogP) is 2.35. The first-order chi connectivity index (χ1) is 5.74. The quantitative estimate of drug-likeness (QED) is 0.422. The van der Waals surface area contributed by atoms with E-state index in [4.69, 9.17) is 0 Å². The van der Waals surface area contributed by atoms with Crippen molar-refractivity contribution in [3.8, 4) is 0 Å². The lowest BCUT2D eigenvalue weighted by molar-refractivity contribution is 0.213. The molecule has 0 aliphatic carbocycles. The molecule has 0 unspecified atom stereocenters. The highest BCUT2D eigenvalue weighted by molar-refractivity contribution is 7.80. The maximum Gasteiger partial charge on any atom is 0.106 e. The molecule has 1 aromatic rings. The summed E-state index contributed by atoms with van der Waals surface area (Å²) in [5, 5.41) is 3.82. The molecular formula is C9H11NOS. The Balaban J connectivity index is 2.89. The fraction of sp³-hybridized carbons (Fsp3) is 0.222. The smallest absolute Gasteiger partial charge is 0.106 e. The second-order valence-corrected chi connectivity index (χ2v) is 2.92. The zero-order valence-corrected chi connectivity index (χ0v) is 8.01. The van der Waals surface area contributed by atoms with Crippen molar-refractivity contribution in [1.82, 2.24) is 0 Å². The van der Waals surface area contributed by atoms with Crippen LogP contribution in [0.5, 0.6) is 0 Å². The van der Waals surface area contributed by atoms with E-state index in [1.54, 1.807) is 0 Å². The number of hydrogen-bond acceptors (Lipinski definition) is 3. The van der Waals surface area contributed by atoms with E-state index in [1.165, 1.54) is 7.11 Å². The first kappa shape index (κ1) is 9.13. The molecule has 0 amide bonds. The van der Waals surface area contributed by atoms with E-state index in [-0.39, 0.29) is 0 Å². The standard InChI is InChI=1S/C9H11NOS/c1-7(10-11-2)8-3-5-9(12)6-4-8/h3-6,12H,1-2H3. The summed E-state index contributed by atoms with van der Waals surface area (Å²) in [6, 6.07) is 7.76. The lowest BCUT2D eigenvalue weighted by atomic mass is 10.1. The predicted molar refractivity (Wildman–Crippen MR) is 52.9 cm³/mol. The lowest BCUT2D eigenvalue weighted by Crippen LogP contribution is -1.94. The van der Waals surface area contributed by atoms with Gasteiger partial charge in [0, 0.05) is 4.90 Å². The van der Waals surface area contributed by atoms with Gasteiger partial charge in [0.05, 0.1) is 5.71 Å². The van der Waals surface area contributed by atoms with Crippen LogP contribution in [0.25, 0.3) is 0 Å². The van der Waals surface area contributed by atoms with Crippen LogP contribution in [0.2, 0.25) is 0 Å². The number of nitrogens with zero attached hydrogens (tertiary/aromatic N) is 1. The molecule has 0 heterocycles. The van der Waals surface area contributed by atoms with E-state index in [0.717, 1.165) is 16.2 Å². The minimum atomic E-state index is 0.867. The summed E-state index contributed by atoms with van der Waals surface area (Å²) in [6.45, 7) is 1.90. The molecule has 3 heteroatoms. The molecule has 64 valence electrons. The number of thiol groups is 1. The van der Waals surface area contributed by atoms with Crippen LogP contribution in [0.1, 0.15) is 12.5 Å². The third kappa shape index (κ3) is 2.27. The molecule has 0 atom stereocenters. The fourth-order valence-corrected chi connectivity index (χ4v) is 1.04. The van der Waals surface area contributed by atoms with E-state index in [9.17, 15) is 0 Å². The summed E-state index contributed by atoms with van der Waals surface area (Å²) in [5.41, 5.74) is 1.92. The molecule has 0 N–H and O–H groups in total. The van der Waals surface area contributed by atoms with Gasteiger partial charge in [-0.2, -0.15) is 0 Å². The van der Waals surface area contributed by atoms with Gasteiger partial charge < -0.3 is 4.84 Å². The summed E-state index contributed by atoms with van der Waals surface area (Å²) >= 11 is 4.18. The number of oxime groups is 1. The van der Waals surface area contributed by atoms with Crippen molar-refractivity contribution in [2.24, 2.45) is 5.16 Å². The topological polar surface area (TPSA) is 21.6 Å². The highest BCUT2D eigenvalue weighted by Gasteiger charge is 1.95. The summed E-state index contributed by atoms with van der Waals surface area (Å²) < 4.78 is 0. The minimum absolute atomic E-state index is 0.867. The van der Waals surface area contributed by atoms with Gasteiger partial charge in [-0.3, -0.25) is 0 Å². The van der Waals surface area contributed by atoms with Gasteiger partial charge in [0.2, 0.25) is 0 Å². The monoisotopic (exact) mass is 181 g/mol. The second-order valence-electron chi connectivity index (χ2n) is 2.41. The molecule has 0 radical (unpaired) electrons. The van der Waals surface area contributed by atoms with Crippen LogP contribution in [-0.2, 0) is 4.84 Å². The van der Waals surface area contributed by atoms with E-state index < -0.39 is 0 Å². The van der Waals surface area contributed by atoms with Crippen molar-refractivity contribution in [3.05, 3.63) is 29.8 Å². The van der Waals surface area contributed by atoms with E-state index >= 15 is 0 Å². The Bertz CT molecular complexity index is 279. The normalized spacial score (nSPS) is 11.4. The summed E-state index contributed by atoms with van der Waals surface area (Å²) in [7, 11) is 1.54. The number of rotatable bonds is 2. The van der Waals surface area contributed by atoms with Gasteiger partial charge in [0.25, 0.3) is 0 Å². The molecule has 0 saturated heterocycles. The Morgan fingerprint density at radius 2 is 1.92 bits per heavy atom. The van der Waals surface area contributed by atoms with Gasteiger partial charge in [-0.05, 0) is 24.6 Å². The second kappa shape index (κ2) is 4.16. The van der Waals surface area contributed by atoms with Crippen LogP contribution in [0.15, 0.2) is 34.3 Å². The van der Waals surface area contributed by atoms with E-state index in [0.29, 0.717) is 0 Å². The maximum absolute atomic E-state index is 4.66. The summed E-state index contributed by atoms with van der Waals surface area (Å²) in [4.78, 5) is 5.61. The largest absolute Gasteiger partial charge is 0.399 e. The molecule has 2 nitrogen and oxygen atoms in total. The highest BCUT2D eigenvalue weighted by atomic mass is 32.1. The minimum Gasteiger partial charge on any atom is -0.399 e. The average Bonchev–Trinajstić information content (AvgIpc) is 2.06. The molecule has 1 rings (SSSR count). The van der Waals surface area contributed by atoms with Crippen molar-refractivity contribution in [1.29, 1.82) is 0 Å². The van der Waals surface area contributed by atoms with Crippen molar-refractivity contribution in [2.75, 3.05) is 7.11 Å². The van der Waals surface area contributed by atoms with Crippen LogP contribution in [-0.4, -0.2) is 12.8 Å². The zero-order chi connectivity index (χ0) is 8.97. The molecule has 1 aromatic carbocycles. The molecular weight excluding hydrogens is 170 g/mol. The Kier molecular flexibility index (Phi) is 3.17. The van der Waals surface area contributed by atoms with E-state index in [2.05, 4.69) is 22.6 Å². The molecule has 0 spiro atoms. The van der Waals surface area contributed by atoms with Crippen LogP contribution >= 0.6 is 12.6 Å². The molecule has 0 aromatic heterocycles. The zero-order valence-electron chi connectivity index (χ0n) is 7.11. The molecule has 0 fully saturated rings. The average molecular weight is 181 g/mol. The molecule has 0 saturated carbocycles. The van der Waals surface area contributed by atoms with Gasteiger partial charge in [0.1, 0.15) is 7.11 Å². The summed E-state index contributed by atoms with van der Waals surface area (Å²) in [5.74, 6) is 0. The third-order valence-corrected chi connectivity index (χ3v) is 1.81. The number of hydrogen-bond donors (Lipinski definition) is 1. The Morgan fingerprint density at radius 1 is 1.33 bits per heavy atom. The highest BCUT2D eigenvalue weighted by Crippen LogP contribution is 2.08. The molecule has 0 bridgehead atoms. The maximum atomic E-state index is 4.66. The van der Waals surface area contributed by atoms with Gasteiger partial charge in [-0.1, -0.05) is 17.3 Å². The first-order valence-corrected chi connectivity index (χ1v) is 4.06. The number of benzene rings is 1. The van der Waals surface area contributed by atoms with Crippen LogP contribution in [0.4, 0.5) is 0 Å². The van der Waals surface area contributed by atoms with Crippen LogP contribution < -0.4 is 0 Å². The van der Waals surface area contributed by atoms with Gasteiger partial charge in [-0.25, -0.2) is 0 Å². The third-order valence-electron chi connectivity index (χ3n) is 1.51. The molecule has 12 heavy (non-hydrogen) atoms. The van der Waals surface area contributed by atoms with Crippen molar-refractivity contribution in [2.45, 2.75) is 11.8 Å². The SMILES string of the molecule is CON=C(C)c1ccc(S)cc1. The van der Waals surface area contributed by atoms with Crippen molar-refractivity contribution < 1.29 is 4.84 Å². The van der Waals surface area contributed by atoms with Crippen LogP contribution in [0.3, 0.4) is 0 Å². The van der Waals surface area contributed by atoms with E-state index in [1.807, 2.05) is 31.2 Å². The summed E-state index contributed by atoms with van der Waals surface area (Å²) in [6.07, 6.45) is 0. The van der Waals surface area contributed by atoms with Crippen molar-refractivity contribution >= 4 is 18.3 Å².